The van der Waals surface area contributed by atoms with Gasteiger partial charge in [0.05, 0.1) is 4.90 Å². The van der Waals surface area contributed by atoms with Gasteiger partial charge in [-0.25, -0.2) is 17.9 Å². The Balaban J connectivity index is 2.74. The largest absolute Gasteiger partial charge is 0.480 e. The SMILES string of the molecule is Cc1cc(C)c(S(=O)(=O)NCCC(=O)NC(C)(C)C(=O)O)c(C)c1. The first kappa shape index (κ1) is 20.1. The van der Waals surface area contributed by atoms with E-state index in [1.54, 1.807) is 26.0 Å². The van der Waals surface area contributed by atoms with Crippen LogP contribution in [0.4, 0.5) is 0 Å². The van der Waals surface area contributed by atoms with Crippen LogP contribution >= 0.6 is 0 Å². The van der Waals surface area contributed by atoms with Crippen LogP contribution < -0.4 is 10.0 Å². The second-order valence-corrected chi connectivity index (χ2v) is 8.06. The van der Waals surface area contributed by atoms with E-state index in [1.165, 1.54) is 13.8 Å². The number of carbonyl (C=O) groups is 2. The minimum atomic E-state index is -3.74. The van der Waals surface area contributed by atoms with Crippen LogP contribution in [0.15, 0.2) is 17.0 Å². The zero-order chi connectivity index (χ0) is 18.7. The Bertz CT molecular complexity index is 731. The summed E-state index contributed by atoms with van der Waals surface area (Å²) in [7, 11) is -3.74. The van der Waals surface area contributed by atoms with Crippen LogP contribution in [0, 0.1) is 20.8 Å². The molecule has 0 fully saturated rings. The lowest BCUT2D eigenvalue weighted by Crippen LogP contribution is -2.50. The molecule has 0 saturated heterocycles. The number of aliphatic carboxylic acids is 1. The fraction of sp³-hybridized carbons (Fsp3) is 0.500. The lowest BCUT2D eigenvalue weighted by molar-refractivity contribution is -0.146. The standard InChI is InChI=1S/C16H24N2O5S/c1-10-8-11(2)14(12(3)9-10)24(22,23)17-7-6-13(19)18-16(4,5)15(20)21/h8-9,17H,6-7H2,1-5H3,(H,18,19)(H,20,21). The maximum absolute atomic E-state index is 12.4. The van der Waals surface area contributed by atoms with Gasteiger partial charge in [0.2, 0.25) is 15.9 Å². The summed E-state index contributed by atoms with van der Waals surface area (Å²) in [4.78, 5) is 22.9. The van der Waals surface area contributed by atoms with Gasteiger partial charge in [-0.2, -0.15) is 0 Å². The molecule has 0 aliphatic carbocycles. The van der Waals surface area contributed by atoms with E-state index < -0.39 is 27.4 Å². The molecule has 3 N–H and O–H groups in total. The molecule has 0 aliphatic rings. The molecule has 1 rings (SSSR count). The molecular formula is C16H24N2O5S. The van der Waals surface area contributed by atoms with Crippen molar-refractivity contribution in [2.24, 2.45) is 0 Å². The zero-order valence-electron chi connectivity index (χ0n) is 14.6. The fourth-order valence-corrected chi connectivity index (χ4v) is 3.91. The molecule has 0 atom stereocenters. The number of hydrogen-bond acceptors (Lipinski definition) is 4. The van der Waals surface area contributed by atoms with Crippen molar-refractivity contribution in [3.63, 3.8) is 0 Å². The summed E-state index contributed by atoms with van der Waals surface area (Å²) in [6, 6.07) is 3.56. The highest BCUT2D eigenvalue weighted by Gasteiger charge is 2.28. The zero-order valence-corrected chi connectivity index (χ0v) is 15.4. The molecule has 1 aromatic carbocycles. The quantitative estimate of drug-likeness (QED) is 0.681. The molecule has 7 nitrogen and oxygen atoms in total. The predicted molar refractivity (Wildman–Crippen MR) is 90.3 cm³/mol. The Morgan fingerprint density at radius 2 is 1.62 bits per heavy atom. The van der Waals surface area contributed by atoms with Crippen molar-refractivity contribution < 1.29 is 23.1 Å². The number of carboxylic acid groups (broad SMARTS) is 1. The number of sulfonamides is 1. The molecule has 8 heteroatoms. The van der Waals surface area contributed by atoms with Crippen LogP contribution in [0.25, 0.3) is 0 Å². The molecule has 24 heavy (non-hydrogen) atoms. The summed E-state index contributed by atoms with van der Waals surface area (Å²) in [5, 5.41) is 11.3. The summed E-state index contributed by atoms with van der Waals surface area (Å²) in [6.07, 6.45) is -0.153. The number of rotatable bonds is 7. The van der Waals surface area contributed by atoms with E-state index in [4.69, 9.17) is 5.11 Å². The van der Waals surface area contributed by atoms with Gasteiger partial charge in [0.25, 0.3) is 0 Å². The molecule has 0 radical (unpaired) electrons. The molecule has 134 valence electrons. The van der Waals surface area contributed by atoms with Gasteiger partial charge in [-0.15, -0.1) is 0 Å². The van der Waals surface area contributed by atoms with Crippen molar-refractivity contribution in [1.29, 1.82) is 0 Å². The van der Waals surface area contributed by atoms with Crippen LogP contribution in [-0.2, 0) is 19.6 Å². The Morgan fingerprint density at radius 1 is 1.12 bits per heavy atom. The van der Waals surface area contributed by atoms with E-state index in [9.17, 15) is 18.0 Å². The van der Waals surface area contributed by atoms with E-state index in [1.807, 2.05) is 6.92 Å². The molecule has 1 amide bonds. The number of carbonyl (C=O) groups excluding carboxylic acids is 1. The monoisotopic (exact) mass is 356 g/mol. The van der Waals surface area contributed by atoms with E-state index >= 15 is 0 Å². The molecule has 0 bridgehead atoms. The molecule has 0 unspecified atom stereocenters. The minimum Gasteiger partial charge on any atom is -0.480 e. The Kier molecular flexibility index (Phi) is 6.13. The van der Waals surface area contributed by atoms with E-state index in [0.29, 0.717) is 11.1 Å². The first-order valence-electron chi connectivity index (χ1n) is 7.49. The number of benzene rings is 1. The van der Waals surface area contributed by atoms with Gasteiger partial charge < -0.3 is 10.4 Å². The normalized spacial score (nSPS) is 12.0. The third-order valence-electron chi connectivity index (χ3n) is 3.50. The van der Waals surface area contributed by atoms with Gasteiger partial charge in [-0.3, -0.25) is 4.79 Å². The van der Waals surface area contributed by atoms with Gasteiger partial charge in [0, 0.05) is 13.0 Å². The Morgan fingerprint density at radius 3 is 2.08 bits per heavy atom. The van der Waals surface area contributed by atoms with Crippen LogP contribution in [0.3, 0.4) is 0 Å². The smallest absolute Gasteiger partial charge is 0.328 e. The van der Waals surface area contributed by atoms with Crippen LogP contribution in [-0.4, -0.2) is 37.5 Å². The lowest BCUT2D eigenvalue weighted by atomic mass is 10.1. The van der Waals surface area contributed by atoms with Crippen LogP contribution in [0.5, 0.6) is 0 Å². The van der Waals surface area contributed by atoms with Gasteiger partial charge in [0.1, 0.15) is 5.54 Å². The second-order valence-electron chi connectivity index (χ2n) is 6.35. The molecular weight excluding hydrogens is 332 g/mol. The first-order valence-corrected chi connectivity index (χ1v) is 8.97. The fourth-order valence-electron chi connectivity index (χ4n) is 2.43. The van der Waals surface area contributed by atoms with Crippen molar-refractivity contribution in [3.05, 3.63) is 28.8 Å². The number of carboxylic acids is 1. The maximum Gasteiger partial charge on any atom is 0.328 e. The topological polar surface area (TPSA) is 113 Å². The lowest BCUT2D eigenvalue weighted by Gasteiger charge is -2.21. The highest BCUT2D eigenvalue weighted by atomic mass is 32.2. The molecule has 0 heterocycles. The molecule has 1 aromatic rings. The third-order valence-corrected chi connectivity index (χ3v) is 5.27. The Hall–Kier alpha value is -1.93. The third kappa shape index (κ3) is 5.04. The van der Waals surface area contributed by atoms with Crippen molar-refractivity contribution in [2.45, 2.75) is 51.5 Å². The van der Waals surface area contributed by atoms with E-state index in [2.05, 4.69) is 10.0 Å². The van der Waals surface area contributed by atoms with E-state index in [0.717, 1.165) is 5.56 Å². The number of hydrogen-bond donors (Lipinski definition) is 3. The van der Waals surface area contributed by atoms with Gasteiger partial charge in [-0.1, -0.05) is 17.7 Å². The molecule has 0 spiro atoms. The van der Waals surface area contributed by atoms with Crippen molar-refractivity contribution >= 4 is 21.9 Å². The summed E-state index contributed by atoms with van der Waals surface area (Å²) in [5.41, 5.74) is 0.840. The van der Waals surface area contributed by atoms with Crippen LogP contribution in [0.2, 0.25) is 0 Å². The van der Waals surface area contributed by atoms with Crippen LogP contribution in [0.1, 0.15) is 37.0 Å². The van der Waals surface area contributed by atoms with Gasteiger partial charge in [-0.05, 0) is 45.7 Å². The highest BCUT2D eigenvalue weighted by molar-refractivity contribution is 7.89. The molecule has 0 aromatic heterocycles. The number of amides is 1. The predicted octanol–water partition coefficient (Wildman–Crippen LogP) is 1.26. The average Bonchev–Trinajstić information content (AvgIpc) is 2.35. The minimum absolute atomic E-state index is 0.114. The van der Waals surface area contributed by atoms with E-state index in [-0.39, 0.29) is 17.9 Å². The summed E-state index contributed by atoms with van der Waals surface area (Å²) in [5.74, 6) is -1.70. The second kappa shape index (κ2) is 7.31. The number of aryl methyl sites for hydroxylation is 3. The molecule has 0 aliphatic heterocycles. The van der Waals surface area contributed by atoms with Gasteiger partial charge in [0.15, 0.2) is 0 Å². The highest BCUT2D eigenvalue weighted by Crippen LogP contribution is 2.21. The maximum atomic E-state index is 12.4. The van der Waals surface area contributed by atoms with Crippen molar-refractivity contribution in [1.82, 2.24) is 10.0 Å². The first-order chi connectivity index (χ1) is 10.9. The van der Waals surface area contributed by atoms with Gasteiger partial charge >= 0.3 is 5.97 Å². The summed E-state index contributed by atoms with van der Waals surface area (Å²) < 4.78 is 27.2. The Labute approximate surface area is 142 Å². The summed E-state index contributed by atoms with van der Waals surface area (Å²) in [6.45, 7) is 7.93. The number of nitrogens with one attached hydrogen (secondary N) is 2. The molecule has 0 saturated carbocycles. The summed E-state index contributed by atoms with van der Waals surface area (Å²) >= 11 is 0. The van der Waals surface area contributed by atoms with Crippen molar-refractivity contribution in [2.75, 3.05) is 6.54 Å². The average molecular weight is 356 g/mol. The van der Waals surface area contributed by atoms with Crippen molar-refractivity contribution in [3.8, 4) is 0 Å².